The van der Waals surface area contributed by atoms with Crippen LogP contribution in [0.5, 0.6) is 0 Å². The predicted octanol–water partition coefficient (Wildman–Crippen LogP) is 2.66. The van der Waals surface area contributed by atoms with Crippen LogP contribution >= 0.6 is 0 Å². The first-order chi connectivity index (χ1) is 5.41. The average molecular weight is 167 g/mol. The Bertz CT molecular complexity index is 192. The summed E-state index contributed by atoms with van der Waals surface area (Å²) in [5.74, 6) is 0. The van der Waals surface area contributed by atoms with Gasteiger partial charge in [-0.25, -0.2) is 0 Å². The monoisotopic (exact) mass is 167 g/mol. The lowest BCUT2D eigenvalue weighted by molar-refractivity contribution is 0.0812. The second-order valence-electron chi connectivity index (χ2n) is 6.01. The average Bonchev–Trinajstić information content (AvgIpc) is 2.39. The van der Waals surface area contributed by atoms with E-state index < -0.39 is 0 Å². The molecule has 0 unspecified atom stereocenters. The first-order valence-corrected chi connectivity index (χ1v) is 5.18. The lowest BCUT2D eigenvalue weighted by Gasteiger charge is -2.40. The number of likely N-dealkylation sites (tertiary alicyclic amines) is 1. The van der Waals surface area contributed by atoms with E-state index in [4.69, 9.17) is 0 Å². The normalized spacial score (nSPS) is 42.5. The number of piperidine rings is 1. The summed E-state index contributed by atoms with van der Waals surface area (Å²) >= 11 is 0. The zero-order valence-electron chi connectivity index (χ0n) is 8.85. The van der Waals surface area contributed by atoms with Crippen LogP contribution in [-0.2, 0) is 0 Å². The molecule has 1 aliphatic heterocycles. The first-order valence-electron chi connectivity index (χ1n) is 5.18. The molecule has 1 aliphatic carbocycles. The van der Waals surface area contributed by atoms with Crippen molar-refractivity contribution in [2.75, 3.05) is 6.54 Å². The van der Waals surface area contributed by atoms with Crippen molar-refractivity contribution in [3.63, 3.8) is 0 Å². The van der Waals surface area contributed by atoms with E-state index >= 15 is 0 Å². The molecule has 0 spiro atoms. The third-order valence-electron chi connectivity index (χ3n) is 3.66. The Morgan fingerprint density at radius 2 is 2.00 bits per heavy atom. The molecule has 1 heterocycles. The summed E-state index contributed by atoms with van der Waals surface area (Å²) in [7, 11) is 0. The molecule has 70 valence electrons. The zero-order valence-corrected chi connectivity index (χ0v) is 8.85. The highest BCUT2D eigenvalue weighted by atomic mass is 15.3. The van der Waals surface area contributed by atoms with Gasteiger partial charge in [0, 0.05) is 18.1 Å². The van der Waals surface area contributed by atoms with Gasteiger partial charge < -0.3 is 0 Å². The third kappa shape index (κ3) is 1.19. The van der Waals surface area contributed by atoms with Gasteiger partial charge in [0.25, 0.3) is 0 Å². The number of rotatable bonds is 0. The fourth-order valence-electron chi connectivity index (χ4n) is 3.02. The van der Waals surface area contributed by atoms with Crippen molar-refractivity contribution in [2.45, 2.75) is 58.5 Å². The van der Waals surface area contributed by atoms with E-state index in [1.807, 2.05) is 0 Å². The van der Waals surface area contributed by atoms with Crippen molar-refractivity contribution in [3.8, 4) is 0 Å². The summed E-state index contributed by atoms with van der Waals surface area (Å²) in [5, 5.41) is 0. The molecule has 2 atom stereocenters. The topological polar surface area (TPSA) is 3.24 Å². The number of fused-ring (bicyclic) bond motifs is 2. The van der Waals surface area contributed by atoms with Gasteiger partial charge >= 0.3 is 0 Å². The second kappa shape index (κ2) is 2.25. The maximum atomic E-state index is 2.70. The zero-order chi connectivity index (χ0) is 8.98. The summed E-state index contributed by atoms with van der Waals surface area (Å²) < 4.78 is 0. The van der Waals surface area contributed by atoms with Gasteiger partial charge in [0.1, 0.15) is 0 Å². The Balaban J connectivity index is 2.15. The molecule has 0 amide bonds. The van der Waals surface area contributed by atoms with E-state index in [2.05, 4.69) is 32.6 Å². The Morgan fingerprint density at radius 3 is 2.25 bits per heavy atom. The molecule has 1 heteroatoms. The van der Waals surface area contributed by atoms with Crippen molar-refractivity contribution >= 4 is 0 Å². The lowest BCUT2D eigenvalue weighted by atomic mass is 9.89. The Hall–Kier alpha value is -0.0400. The minimum Gasteiger partial charge on any atom is -0.295 e. The van der Waals surface area contributed by atoms with Crippen LogP contribution in [0.2, 0.25) is 0 Å². The summed E-state index contributed by atoms with van der Waals surface area (Å²) in [5.41, 5.74) is 1.06. The van der Waals surface area contributed by atoms with E-state index in [1.54, 1.807) is 0 Å². The Kier molecular flexibility index (Phi) is 1.61. The van der Waals surface area contributed by atoms with Crippen molar-refractivity contribution in [1.82, 2.24) is 4.90 Å². The van der Waals surface area contributed by atoms with Crippen LogP contribution in [0.3, 0.4) is 0 Å². The molecule has 2 rings (SSSR count). The second-order valence-corrected chi connectivity index (χ2v) is 6.01. The number of hydrogen-bond donors (Lipinski definition) is 0. The van der Waals surface area contributed by atoms with Crippen molar-refractivity contribution in [1.29, 1.82) is 0 Å². The van der Waals surface area contributed by atoms with Gasteiger partial charge in [0.2, 0.25) is 0 Å². The summed E-state index contributed by atoms with van der Waals surface area (Å²) in [6.07, 6.45) is 4.35. The molecule has 2 fully saturated rings. The molecule has 0 radical (unpaired) electrons. The molecule has 1 nitrogen and oxygen atoms in total. The number of hydrogen-bond acceptors (Lipinski definition) is 1. The molecule has 1 saturated heterocycles. The molecular weight excluding hydrogens is 146 g/mol. The standard InChI is InChI=1S/C11H21N/c1-10(2,3)12-8-11(4)6-5-9(12)7-11/h9H,5-8H2,1-4H3/t9-,11+/m0/s1. The number of nitrogens with zero attached hydrogens (tertiary/aromatic N) is 1. The van der Waals surface area contributed by atoms with Crippen molar-refractivity contribution < 1.29 is 0 Å². The van der Waals surface area contributed by atoms with E-state index in [-0.39, 0.29) is 0 Å². The van der Waals surface area contributed by atoms with E-state index in [9.17, 15) is 0 Å². The molecule has 2 bridgehead atoms. The van der Waals surface area contributed by atoms with Gasteiger partial charge in [-0.2, -0.15) is 0 Å². The largest absolute Gasteiger partial charge is 0.295 e. The van der Waals surface area contributed by atoms with E-state index in [1.165, 1.54) is 25.8 Å². The highest BCUT2D eigenvalue weighted by molar-refractivity contribution is 5.03. The van der Waals surface area contributed by atoms with Crippen LogP contribution in [0.15, 0.2) is 0 Å². The predicted molar refractivity (Wildman–Crippen MR) is 52.2 cm³/mol. The molecule has 0 aromatic carbocycles. The minimum absolute atomic E-state index is 0.392. The van der Waals surface area contributed by atoms with Crippen LogP contribution in [0.25, 0.3) is 0 Å². The summed E-state index contributed by atoms with van der Waals surface area (Å²) in [6.45, 7) is 10.8. The molecular formula is C11H21N. The highest BCUT2D eigenvalue weighted by Gasteiger charge is 2.49. The Labute approximate surface area is 76.1 Å². The summed E-state index contributed by atoms with van der Waals surface area (Å²) in [4.78, 5) is 2.70. The van der Waals surface area contributed by atoms with Gasteiger partial charge in [0.15, 0.2) is 0 Å². The van der Waals surface area contributed by atoms with Crippen LogP contribution < -0.4 is 0 Å². The van der Waals surface area contributed by atoms with Gasteiger partial charge in [0.05, 0.1) is 0 Å². The molecule has 0 aromatic heterocycles. The van der Waals surface area contributed by atoms with E-state index in [0.29, 0.717) is 11.0 Å². The Morgan fingerprint density at radius 1 is 1.33 bits per heavy atom. The smallest absolute Gasteiger partial charge is 0.0128 e. The molecule has 0 aromatic rings. The van der Waals surface area contributed by atoms with Crippen molar-refractivity contribution in [3.05, 3.63) is 0 Å². The van der Waals surface area contributed by atoms with Crippen LogP contribution in [0.1, 0.15) is 47.0 Å². The summed E-state index contributed by atoms with van der Waals surface area (Å²) in [6, 6.07) is 0.898. The van der Waals surface area contributed by atoms with Gasteiger partial charge in [-0.15, -0.1) is 0 Å². The molecule has 1 saturated carbocycles. The molecule has 12 heavy (non-hydrogen) atoms. The van der Waals surface area contributed by atoms with Crippen molar-refractivity contribution in [2.24, 2.45) is 5.41 Å². The fraction of sp³-hybridized carbons (Fsp3) is 1.00. The molecule has 0 N–H and O–H groups in total. The molecule has 2 aliphatic rings. The fourth-order valence-corrected chi connectivity index (χ4v) is 3.02. The van der Waals surface area contributed by atoms with Gasteiger partial charge in [-0.1, -0.05) is 6.92 Å². The van der Waals surface area contributed by atoms with E-state index in [0.717, 1.165) is 6.04 Å². The highest BCUT2D eigenvalue weighted by Crippen LogP contribution is 2.49. The lowest BCUT2D eigenvalue weighted by Crippen LogP contribution is -2.47. The maximum absolute atomic E-state index is 2.70. The third-order valence-corrected chi connectivity index (χ3v) is 3.66. The van der Waals surface area contributed by atoms with Crippen LogP contribution in [0.4, 0.5) is 0 Å². The van der Waals surface area contributed by atoms with Gasteiger partial charge in [-0.05, 0) is 45.4 Å². The van der Waals surface area contributed by atoms with Gasteiger partial charge in [-0.3, -0.25) is 4.90 Å². The SMILES string of the molecule is CC(C)(C)N1C[C@]2(C)CC[C@H]1C2. The quantitative estimate of drug-likeness (QED) is 0.536. The minimum atomic E-state index is 0.392. The van der Waals surface area contributed by atoms with Crippen LogP contribution in [-0.4, -0.2) is 23.0 Å². The first kappa shape index (κ1) is 8.55. The van der Waals surface area contributed by atoms with Crippen LogP contribution in [0, 0.1) is 5.41 Å². The maximum Gasteiger partial charge on any atom is 0.0128 e.